The number of rotatable bonds is 2. The van der Waals surface area contributed by atoms with Crippen molar-refractivity contribution < 1.29 is 0 Å². The van der Waals surface area contributed by atoms with Gasteiger partial charge in [0.05, 0.1) is 0 Å². The van der Waals surface area contributed by atoms with E-state index in [1.54, 1.807) is 5.56 Å². The Kier molecular flexibility index (Phi) is 4.10. The number of benzene rings is 2. The van der Waals surface area contributed by atoms with E-state index in [1.165, 1.54) is 39.8 Å². The first-order chi connectivity index (χ1) is 10.5. The first kappa shape index (κ1) is 15.3. The third-order valence-corrected chi connectivity index (χ3v) is 5.38. The van der Waals surface area contributed by atoms with Crippen molar-refractivity contribution in [1.82, 2.24) is 4.90 Å². The molecule has 22 heavy (non-hydrogen) atoms. The van der Waals surface area contributed by atoms with E-state index in [0.29, 0.717) is 6.04 Å². The van der Waals surface area contributed by atoms with Crippen LogP contribution in [-0.2, 0) is 12.8 Å². The fourth-order valence-electron chi connectivity index (χ4n) is 3.53. The highest BCUT2D eigenvalue weighted by Gasteiger charge is 2.25. The van der Waals surface area contributed by atoms with Crippen LogP contribution in [0, 0.1) is 27.7 Å². The molecule has 1 heterocycles. The van der Waals surface area contributed by atoms with Crippen molar-refractivity contribution in [3.63, 3.8) is 0 Å². The maximum atomic E-state index is 2.52. The highest BCUT2D eigenvalue weighted by Crippen LogP contribution is 2.33. The van der Waals surface area contributed by atoms with E-state index >= 15 is 0 Å². The van der Waals surface area contributed by atoms with Crippen LogP contribution in [0.5, 0.6) is 0 Å². The molecular formula is C21H27N. The van der Waals surface area contributed by atoms with Crippen LogP contribution in [0.15, 0.2) is 30.3 Å². The van der Waals surface area contributed by atoms with Crippen LogP contribution in [0.25, 0.3) is 0 Å². The molecule has 116 valence electrons. The monoisotopic (exact) mass is 293 g/mol. The first-order valence-electron chi connectivity index (χ1n) is 8.32. The third-order valence-electron chi connectivity index (χ3n) is 5.38. The van der Waals surface area contributed by atoms with Gasteiger partial charge in [-0.25, -0.2) is 0 Å². The largest absolute Gasteiger partial charge is 0.299 e. The minimum atomic E-state index is 0.505. The van der Waals surface area contributed by atoms with E-state index in [1.807, 2.05) is 0 Å². The summed E-state index contributed by atoms with van der Waals surface area (Å²) in [6, 6.07) is 12.3. The van der Waals surface area contributed by atoms with Gasteiger partial charge in [-0.1, -0.05) is 30.3 Å². The van der Waals surface area contributed by atoms with Gasteiger partial charge in [-0.15, -0.1) is 0 Å². The second-order valence-corrected chi connectivity index (χ2v) is 7.00. The summed E-state index contributed by atoms with van der Waals surface area (Å²) >= 11 is 0. The topological polar surface area (TPSA) is 3.24 Å². The molecule has 1 unspecified atom stereocenters. The van der Waals surface area contributed by atoms with Gasteiger partial charge in [-0.05, 0) is 86.5 Å². The maximum Gasteiger partial charge on any atom is 0.0388 e. The maximum absolute atomic E-state index is 2.52. The molecule has 2 aromatic carbocycles. The van der Waals surface area contributed by atoms with Gasteiger partial charge in [0, 0.05) is 12.6 Å². The van der Waals surface area contributed by atoms with E-state index in [9.17, 15) is 0 Å². The Bertz CT molecular complexity index is 699. The molecule has 3 rings (SSSR count). The van der Waals surface area contributed by atoms with E-state index in [2.05, 4.69) is 70.0 Å². The Morgan fingerprint density at radius 2 is 1.59 bits per heavy atom. The second kappa shape index (κ2) is 5.89. The van der Waals surface area contributed by atoms with Crippen molar-refractivity contribution in [2.45, 2.75) is 46.6 Å². The molecule has 0 amide bonds. The molecule has 0 radical (unpaired) electrons. The molecule has 0 saturated heterocycles. The summed E-state index contributed by atoms with van der Waals surface area (Å²) in [5, 5.41) is 0. The van der Waals surface area contributed by atoms with Crippen LogP contribution in [0.4, 0.5) is 0 Å². The third kappa shape index (κ3) is 2.83. The average Bonchev–Trinajstić information content (AvgIpc) is 2.48. The number of nitrogens with zero attached hydrogens (tertiary/aromatic N) is 1. The molecule has 0 bridgehead atoms. The lowest BCUT2D eigenvalue weighted by Gasteiger charge is -2.35. The average molecular weight is 293 g/mol. The zero-order chi connectivity index (χ0) is 15.9. The van der Waals surface area contributed by atoms with Gasteiger partial charge in [0.1, 0.15) is 0 Å². The zero-order valence-electron chi connectivity index (χ0n) is 14.5. The molecule has 1 aliphatic heterocycles. The highest BCUT2D eigenvalue weighted by atomic mass is 15.1. The molecule has 2 aromatic rings. The van der Waals surface area contributed by atoms with Crippen LogP contribution in [0.3, 0.4) is 0 Å². The lowest BCUT2D eigenvalue weighted by Crippen LogP contribution is -2.33. The van der Waals surface area contributed by atoms with Gasteiger partial charge in [0.15, 0.2) is 0 Å². The normalized spacial score (nSPS) is 18.3. The van der Waals surface area contributed by atoms with E-state index in [-0.39, 0.29) is 0 Å². The van der Waals surface area contributed by atoms with Crippen molar-refractivity contribution in [3.05, 3.63) is 69.3 Å². The van der Waals surface area contributed by atoms with Crippen LogP contribution in [-0.4, -0.2) is 18.5 Å². The van der Waals surface area contributed by atoms with Crippen LogP contribution in [0.1, 0.15) is 45.0 Å². The number of fused-ring (bicyclic) bond motifs is 1. The Morgan fingerprint density at radius 3 is 2.32 bits per heavy atom. The van der Waals surface area contributed by atoms with Crippen molar-refractivity contribution >= 4 is 0 Å². The van der Waals surface area contributed by atoms with Crippen molar-refractivity contribution in [2.75, 3.05) is 13.6 Å². The minimum Gasteiger partial charge on any atom is -0.299 e. The number of hydrogen-bond donors (Lipinski definition) is 0. The standard InChI is InChI=1S/C21H27N/c1-14-6-7-18(10-15(14)2)13-21-20-12-17(4)16(3)11-19(20)8-9-22(21)5/h6-7,10-12,21H,8-9,13H2,1-5H3. The molecule has 0 saturated carbocycles. The number of aryl methyl sites for hydroxylation is 4. The van der Waals surface area contributed by atoms with E-state index in [0.717, 1.165) is 13.0 Å². The molecule has 0 fully saturated rings. The molecule has 1 aliphatic rings. The molecule has 1 heteroatoms. The van der Waals surface area contributed by atoms with Gasteiger partial charge >= 0.3 is 0 Å². The van der Waals surface area contributed by atoms with Gasteiger partial charge in [0.2, 0.25) is 0 Å². The van der Waals surface area contributed by atoms with Crippen LogP contribution >= 0.6 is 0 Å². The number of likely N-dealkylation sites (N-methyl/N-ethyl adjacent to an activating group) is 1. The van der Waals surface area contributed by atoms with Gasteiger partial charge in [0.25, 0.3) is 0 Å². The minimum absolute atomic E-state index is 0.505. The Morgan fingerprint density at radius 1 is 0.909 bits per heavy atom. The highest BCUT2D eigenvalue weighted by molar-refractivity contribution is 5.41. The fraction of sp³-hybridized carbons (Fsp3) is 0.429. The predicted molar refractivity (Wildman–Crippen MR) is 94.6 cm³/mol. The predicted octanol–water partition coefficient (Wildman–Crippen LogP) is 4.69. The Hall–Kier alpha value is -1.60. The molecule has 0 spiro atoms. The van der Waals surface area contributed by atoms with Crippen LogP contribution in [0.2, 0.25) is 0 Å². The Labute approximate surface area is 135 Å². The molecule has 0 aromatic heterocycles. The molecular weight excluding hydrogens is 266 g/mol. The first-order valence-corrected chi connectivity index (χ1v) is 8.32. The lowest BCUT2D eigenvalue weighted by molar-refractivity contribution is 0.229. The van der Waals surface area contributed by atoms with Gasteiger partial charge in [-0.3, -0.25) is 4.90 Å². The summed E-state index contributed by atoms with van der Waals surface area (Å²) in [5.74, 6) is 0. The van der Waals surface area contributed by atoms with Gasteiger partial charge in [-0.2, -0.15) is 0 Å². The van der Waals surface area contributed by atoms with E-state index < -0.39 is 0 Å². The SMILES string of the molecule is Cc1ccc(CC2c3cc(C)c(C)cc3CCN2C)cc1C. The molecule has 1 nitrogen and oxygen atoms in total. The fourth-order valence-corrected chi connectivity index (χ4v) is 3.53. The van der Waals surface area contributed by atoms with Crippen LogP contribution < -0.4 is 0 Å². The van der Waals surface area contributed by atoms with E-state index in [4.69, 9.17) is 0 Å². The summed E-state index contributed by atoms with van der Waals surface area (Å²) < 4.78 is 0. The van der Waals surface area contributed by atoms with Crippen molar-refractivity contribution in [1.29, 1.82) is 0 Å². The molecule has 0 N–H and O–H groups in total. The summed E-state index contributed by atoms with van der Waals surface area (Å²) in [6.45, 7) is 10.0. The summed E-state index contributed by atoms with van der Waals surface area (Å²) in [4.78, 5) is 2.52. The summed E-state index contributed by atoms with van der Waals surface area (Å²) in [6.07, 6.45) is 2.28. The van der Waals surface area contributed by atoms with Crippen molar-refractivity contribution in [2.24, 2.45) is 0 Å². The second-order valence-electron chi connectivity index (χ2n) is 7.00. The summed E-state index contributed by atoms with van der Waals surface area (Å²) in [5.41, 5.74) is 10.2. The quantitative estimate of drug-likeness (QED) is 0.776. The summed E-state index contributed by atoms with van der Waals surface area (Å²) in [7, 11) is 2.27. The molecule has 0 aliphatic carbocycles. The Balaban J connectivity index is 1.96. The number of hydrogen-bond acceptors (Lipinski definition) is 1. The smallest absolute Gasteiger partial charge is 0.0388 e. The van der Waals surface area contributed by atoms with Crippen molar-refractivity contribution in [3.8, 4) is 0 Å². The zero-order valence-corrected chi connectivity index (χ0v) is 14.5. The lowest BCUT2D eigenvalue weighted by atomic mass is 9.86. The molecule has 1 atom stereocenters. The van der Waals surface area contributed by atoms with Gasteiger partial charge < -0.3 is 0 Å².